The molecule has 2 rings (SSSR count). The van der Waals surface area contributed by atoms with Gasteiger partial charge in [-0.15, -0.1) is 0 Å². The summed E-state index contributed by atoms with van der Waals surface area (Å²) in [4.78, 5) is 1.06. The minimum atomic E-state index is 0.622. The quantitative estimate of drug-likeness (QED) is 0.776. The number of thiophene rings is 1. The van der Waals surface area contributed by atoms with E-state index in [9.17, 15) is 0 Å². The molecule has 0 radical (unpaired) electrons. The van der Waals surface area contributed by atoms with E-state index in [0.29, 0.717) is 5.56 Å². The summed E-state index contributed by atoms with van der Waals surface area (Å²) in [6, 6.07) is 13.0. The number of nitriles is 1. The van der Waals surface area contributed by atoms with Crippen molar-refractivity contribution in [3.05, 3.63) is 53.1 Å². The molecule has 0 aliphatic carbocycles. The number of methoxy groups -OCH3 is 1. The first-order valence-electron chi connectivity index (χ1n) is 5.29. The van der Waals surface area contributed by atoms with Gasteiger partial charge < -0.3 is 9.47 Å². The van der Waals surface area contributed by atoms with Crippen LogP contribution in [0, 0.1) is 11.3 Å². The first-order valence-corrected chi connectivity index (χ1v) is 6.10. The Labute approximate surface area is 110 Å². The molecule has 1 aromatic heterocycles. The van der Waals surface area contributed by atoms with Gasteiger partial charge in [-0.3, -0.25) is 0 Å². The summed E-state index contributed by atoms with van der Waals surface area (Å²) in [5, 5.41) is 9.50. The van der Waals surface area contributed by atoms with Crippen molar-refractivity contribution in [1.29, 1.82) is 5.26 Å². The van der Waals surface area contributed by atoms with E-state index in [-0.39, 0.29) is 0 Å². The van der Waals surface area contributed by atoms with Crippen LogP contribution in [-0.4, -0.2) is 7.11 Å². The lowest BCUT2D eigenvalue weighted by atomic mass is 10.2. The molecule has 0 unspecified atom stereocenters. The lowest BCUT2D eigenvalue weighted by Crippen LogP contribution is -1.80. The van der Waals surface area contributed by atoms with E-state index in [1.807, 2.05) is 18.2 Å². The second kappa shape index (κ2) is 5.89. The third kappa shape index (κ3) is 3.12. The van der Waals surface area contributed by atoms with Crippen molar-refractivity contribution >= 4 is 17.4 Å². The van der Waals surface area contributed by atoms with Gasteiger partial charge in [-0.2, -0.15) is 5.26 Å². The summed E-state index contributed by atoms with van der Waals surface area (Å²) in [5.74, 6) is 0.720. The highest BCUT2D eigenvalue weighted by atomic mass is 32.1. The highest BCUT2D eigenvalue weighted by Crippen LogP contribution is 2.30. The average Bonchev–Trinajstić information content (AvgIpc) is 2.85. The third-order valence-corrected chi connectivity index (χ3v) is 3.10. The van der Waals surface area contributed by atoms with Crippen molar-refractivity contribution in [2.24, 2.45) is 0 Å². The van der Waals surface area contributed by atoms with E-state index in [1.54, 1.807) is 37.6 Å². The van der Waals surface area contributed by atoms with Crippen LogP contribution in [0.5, 0.6) is 10.8 Å². The molecule has 0 atom stereocenters. The molecule has 0 amide bonds. The zero-order valence-electron chi connectivity index (χ0n) is 9.79. The van der Waals surface area contributed by atoms with Gasteiger partial charge >= 0.3 is 0 Å². The molecular formula is C14H11NO2S. The summed E-state index contributed by atoms with van der Waals surface area (Å²) >= 11 is 1.52. The normalized spacial score (nSPS) is 10.2. The fourth-order valence-corrected chi connectivity index (χ4v) is 2.09. The molecule has 0 aliphatic heterocycles. The van der Waals surface area contributed by atoms with Crippen LogP contribution in [0.3, 0.4) is 0 Å². The molecule has 0 spiro atoms. The first-order chi connectivity index (χ1) is 8.81. The lowest BCUT2D eigenvalue weighted by Gasteiger charge is -2.01. The van der Waals surface area contributed by atoms with Gasteiger partial charge in [-0.1, -0.05) is 11.3 Å². The van der Waals surface area contributed by atoms with Crippen molar-refractivity contribution in [2.75, 3.05) is 7.11 Å². The second-order valence-electron chi connectivity index (χ2n) is 3.43. The molecule has 90 valence electrons. The SMILES string of the molecule is COC=Cc1ccc(Oc2ccc(C#N)cc2)s1. The molecule has 4 heteroatoms. The van der Waals surface area contributed by atoms with Crippen LogP contribution in [0.1, 0.15) is 10.4 Å². The Morgan fingerprint density at radius 2 is 1.94 bits per heavy atom. The smallest absolute Gasteiger partial charge is 0.181 e. The fraction of sp³-hybridized carbons (Fsp3) is 0.0714. The molecule has 0 bridgehead atoms. The predicted octanol–water partition coefficient (Wildman–Crippen LogP) is 4.03. The molecule has 0 saturated heterocycles. The van der Waals surface area contributed by atoms with Crippen molar-refractivity contribution in [3.8, 4) is 16.9 Å². The van der Waals surface area contributed by atoms with Gasteiger partial charge in [0.1, 0.15) is 5.75 Å². The molecule has 0 N–H and O–H groups in total. The minimum Gasteiger partial charge on any atom is -0.504 e. The Bertz CT molecular complexity index is 579. The largest absolute Gasteiger partial charge is 0.504 e. The van der Waals surface area contributed by atoms with Crippen LogP contribution in [-0.2, 0) is 4.74 Å². The van der Waals surface area contributed by atoms with Gasteiger partial charge in [0.05, 0.1) is 25.0 Å². The molecule has 3 nitrogen and oxygen atoms in total. The zero-order valence-corrected chi connectivity index (χ0v) is 10.6. The van der Waals surface area contributed by atoms with Gasteiger partial charge in [-0.05, 0) is 42.5 Å². The van der Waals surface area contributed by atoms with E-state index < -0.39 is 0 Å². The van der Waals surface area contributed by atoms with Crippen LogP contribution in [0.4, 0.5) is 0 Å². The van der Waals surface area contributed by atoms with Gasteiger partial charge in [0.2, 0.25) is 0 Å². The van der Waals surface area contributed by atoms with Crippen LogP contribution >= 0.6 is 11.3 Å². The van der Waals surface area contributed by atoms with Gasteiger partial charge in [-0.25, -0.2) is 0 Å². The minimum absolute atomic E-state index is 0.622. The zero-order chi connectivity index (χ0) is 12.8. The standard InChI is InChI=1S/C14H11NO2S/c1-16-9-8-13-6-7-14(18-13)17-12-4-2-11(10-15)3-5-12/h2-9H,1H3. The number of hydrogen-bond acceptors (Lipinski definition) is 4. The average molecular weight is 257 g/mol. The van der Waals surface area contributed by atoms with E-state index >= 15 is 0 Å². The highest BCUT2D eigenvalue weighted by Gasteiger charge is 2.01. The van der Waals surface area contributed by atoms with Crippen molar-refractivity contribution in [3.63, 3.8) is 0 Å². The molecule has 0 saturated carbocycles. The molecule has 1 heterocycles. The summed E-state index contributed by atoms with van der Waals surface area (Å²) in [6.07, 6.45) is 3.49. The fourth-order valence-electron chi connectivity index (χ4n) is 1.33. The maximum atomic E-state index is 8.70. The molecule has 0 aliphatic rings. The monoisotopic (exact) mass is 257 g/mol. The Morgan fingerprint density at radius 1 is 1.17 bits per heavy atom. The molecule has 2 aromatic rings. The Balaban J connectivity index is 2.06. The highest BCUT2D eigenvalue weighted by molar-refractivity contribution is 7.14. The van der Waals surface area contributed by atoms with E-state index in [1.165, 1.54) is 11.3 Å². The number of benzene rings is 1. The summed E-state index contributed by atoms with van der Waals surface area (Å²) in [5.41, 5.74) is 0.622. The second-order valence-corrected chi connectivity index (χ2v) is 4.51. The van der Waals surface area contributed by atoms with Crippen LogP contribution in [0.25, 0.3) is 6.08 Å². The predicted molar refractivity (Wildman–Crippen MR) is 71.6 cm³/mol. The molecular weight excluding hydrogens is 246 g/mol. The number of ether oxygens (including phenoxy) is 2. The van der Waals surface area contributed by atoms with Gasteiger partial charge in [0.25, 0.3) is 0 Å². The van der Waals surface area contributed by atoms with Crippen LogP contribution in [0.2, 0.25) is 0 Å². The van der Waals surface area contributed by atoms with Crippen molar-refractivity contribution in [1.82, 2.24) is 0 Å². The molecule has 18 heavy (non-hydrogen) atoms. The lowest BCUT2D eigenvalue weighted by molar-refractivity contribution is 0.341. The maximum Gasteiger partial charge on any atom is 0.181 e. The van der Waals surface area contributed by atoms with Crippen molar-refractivity contribution < 1.29 is 9.47 Å². The topological polar surface area (TPSA) is 42.2 Å². The van der Waals surface area contributed by atoms with E-state index in [2.05, 4.69) is 6.07 Å². The van der Waals surface area contributed by atoms with Crippen LogP contribution in [0.15, 0.2) is 42.7 Å². The Kier molecular flexibility index (Phi) is 4.00. The van der Waals surface area contributed by atoms with Crippen LogP contribution < -0.4 is 4.74 Å². The number of hydrogen-bond donors (Lipinski definition) is 0. The summed E-state index contributed by atoms with van der Waals surface area (Å²) in [6.45, 7) is 0. The van der Waals surface area contributed by atoms with E-state index in [0.717, 1.165) is 15.7 Å². The summed E-state index contributed by atoms with van der Waals surface area (Å²) < 4.78 is 10.5. The van der Waals surface area contributed by atoms with Crippen molar-refractivity contribution in [2.45, 2.75) is 0 Å². The Morgan fingerprint density at radius 3 is 2.61 bits per heavy atom. The maximum absolute atomic E-state index is 8.70. The third-order valence-electron chi connectivity index (χ3n) is 2.17. The summed E-state index contributed by atoms with van der Waals surface area (Å²) in [7, 11) is 1.61. The molecule has 1 aromatic carbocycles. The number of nitrogens with zero attached hydrogens (tertiary/aromatic N) is 1. The molecule has 0 fully saturated rings. The van der Waals surface area contributed by atoms with E-state index in [4.69, 9.17) is 14.7 Å². The Hall–Kier alpha value is -2.25. The van der Waals surface area contributed by atoms with Gasteiger partial charge in [0.15, 0.2) is 5.06 Å². The van der Waals surface area contributed by atoms with Gasteiger partial charge in [0, 0.05) is 4.88 Å². The first kappa shape index (κ1) is 12.2. The number of rotatable bonds is 4.